The van der Waals surface area contributed by atoms with Gasteiger partial charge in [-0.15, -0.1) is 0 Å². The van der Waals surface area contributed by atoms with E-state index >= 15 is 0 Å². The summed E-state index contributed by atoms with van der Waals surface area (Å²) in [5, 5.41) is 8.10. The highest BCUT2D eigenvalue weighted by atomic mass is 19.4. The van der Waals surface area contributed by atoms with Gasteiger partial charge >= 0.3 is 12.1 Å². The van der Waals surface area contributed by atoms with Gasteiger partial charge in [-0.1, -0.05) is 6.07 Å². The summed E-state index contributed by atoms with van der Waals surface area (Å²) in [5.74, 6) is -2.46. The van der Waals surface area contributed by atoms with Crippen LogP contribution in [-0.2, 0) is 9.59 Å². The minimum atomic E-state index is -5.08. The number of aliphatic carboxylic acids is 1. The molecule has 33 heavy (non-hydrogen) atoms. The Bertz CT molecular complexity index is 1040. The number of piperidine rings is 2. The SMILES string of the molecule is CCN1C(=O)CCCC12CCCN(C(=O)c1ccc3ncccc3c1)C2.O=C(O)C(F)(F)F. The summed E-state index contributed by atoms with van der Waals surface area (Å²) in [6.45, 7) is 4.18. The number of nitrogens with zero attached hydrogens (tertiary/aromatic N) is 3. The van der Waals surface area contributed by atoms with Crippen LogP contribution in [0.3, 0.4) is 0 Å². The Morgan fingerprint density at radius 2 is 1.88 bits per heavy atom. The molecule has 2 saturated heterocycles. The van der Waals surface area contributed by atoms with Gasteiger partial charge in [0.1, 0.15) is 0 Å². The number of benzene rings is 1. The van der Waals surface area contributed by atoms with Crippen LogP contribution in [0.15, 0.2) is 36.5 Å². The number of fused-ring (bicyclic) bond motifs is 1. The van der Waals surface area contributed by atoms with E-state index in [0.717, 1.165) is 49.7 Å². The summed E-state index contributed by atoms with van der Waals surface area (Å²) in [6.07, 6.45) is 1.19. The molecule has 10 heteroatoms. The van der Waals surface area contributed by atoms with Crippen LogP contribution in [0.2, 0.25) is 0 Å². The topological polar surface area (TPSA) is 90.8 Å². The van der Waals surface area contributed by atoms with Crippen molar-refractivity contribution in [1.82, 2.24) is 14.8 Å². The van der Waals surface area contributed by atoms with E-state index in [-0.39, 0.29) is 17.4 Å². The lowest BCUT2D eigenvalue weighted by atomic mass is 9.79. The standard InChI is InChI=1S/C21H25N3O2.C2HF3O2/c1-2-24-19(25)7-3-10-21(24)11-5-13-23(15-21)20(26)17-8-9-18-16(14-17)6-4-12-22-18;3-2(4,5)1(6)7/h4,6,8-9,12,14H,2-3,5,7,10-11,13,15H2,1H3;(H,6,7). The molecule has 1 atom stereocenters. The van der Waals surface area contributed by atoms with Gasteiger partial charge in [0, 0.05) is 43.2 Å². The molecule has 1 spiro atoms. The molecule has 1 aromatic carbocycles. The van der Waals surface area contributed by atoms with Crippen LogP contribution < -0.4 is 0 Å². The second-order valence-corrected chi connectivity index (χ2v) is 8.26. The molecule has 2 aromatic rings. The number of likely N-dealkylation sites (N-methyl/N-ethyl adjacent to an activating group) is 1. The Labute approximate surface area is 189 Å². The number of carbonyl (C=O) groups is 3. The number of carboxylic acids is 1. The highest BCUT2D eigenvalue weighted by Crippen LogP contribution is 2.37. The average Bonchev–Trinajstić information content (AvgIpc) is 2.78. The molecule has 0 saturated carbocycles. The fraction of sp³-hybridized carbons (Fsp3) is 0.478. The van der Waals surface area contributed by atoms with Crippen LogP contribution in [0.5, 0.6) is 0 Å². The first-order valence-corrected chi connectivity index (χ1v) is 10.8. The number of alkyl halides is 3. The van der Waals surface area contributed by atoms with E-state index in [1.54, 1.807) is 6.20 Å². The van der Waals surface area contributed by atoms with Crippen molar-refractivity contribution in [3.63, 3.8) is 0 Å². The van der Waals surface area contributed by atoms with Gasteiger partial charge in [0.15, 0.2) is 0 Å². The third kappa shape index (κ3) is 5.43. The summed E-state index contributed by atoms with van der Waals surface area (Å²) in [7, 11) is 0. The normalized spacial score (nSPS) is 21.0. The Morgan fingerprint density at radius 3 is 2.55 bits per heavy atom. The molecule has 7 nitrogen and oxygen atoms in total. The van der Waals surface area contributed by atoms with Crippen LogP contribution in [0, 0.1) is 0 Å². The summed E-state index contributed by atoms with van der Waals surface area (Å²) < 4.78 is 31.7. The molecule has 1 unspecified atom stereocenters. The fourth-order valence-electron chi connectivity index (χ4n) is 4.72. The number of hydrogen-bond acceptors (Lipinski definition) is 4. The lowest BCUT2D eigenvalue weighted by Gasteiger charge is -2.52. The Kier molecular flexibility index (Phi) is 7.24. The molecular weight excluding hydrogens is 439 g/mol. The van der Waals surface area contributed by atoms with Crippen molar-refractivity contribution in [2.75, 3.05) is 19.6 Å². The number of rotatable bonds is 2. The minimum absolute atomic E-state index is 0.0592. The molecule has 2 aliphatic heterocycles. The first-order valence-electron chi connectivity index (χ1n) is 10.8. The highest BCUT2D eigenvalue weighted by Gasteiger charge is 2.45. The van der Waals surface area contributed by atoms with E-state index in [9.17, 15) is 22.8 Å². The number of pyridine rings is 1. The number of carbonyl (C=O) groups excluding carboxylic acids is 2. The van der Waals surface area contributed by atoms with E-state index in [1.165, 1.54) is 0 Å². The van der Waals surface area contributed by atoms with Crippen molar-refractivity contribution in [2.24, 2.45) is 0 Å². The van der Waals surface area contributed by atoms with Gasteiger partial charge in [-0.2, -0.15) is 13.2 Å². The minimum Gasteiger partial charge on any atom is -0.475 e. The van der Waals surface area contributed by atoms with Crippen molar-refractivity contribution in [3.8, 4) is 0 Å². The second kappa shape index (κ2) is 9.76. The number of amides is 2. The van der Waals surface area contributed by atoms with Gasteiger partial charge in [0.25, 0.3) is 5.91 Å². The number of halogens is 3. The van der Waals surface area contributed by atoms with Crippen molar-refractivity contribution < 1.29 is 32.7 Å². The number of aromatic nitrogens is 1. The maximum absolute atomic E-state index is 13.1. The molecule has 1 N–H and O–H groups in total. The molecule has 2 aliphatic rings. The quantitative estimate of drug-likeness (QED) is 0.727. The lowest BCUT2D eigenvalue weighted by molar-refractivity contribution is -0.192. The molecule has 178 valence electrons. The highest BCUT2D eigenvalue weighted by molar-refractivity contribution is 5.98. The second-order valence-electron chi connectivity index (χ2n) is 8.26. The van der Waals surface area contributed by atoms with E-state index < -0.39 is 12.1 Å². The largest absolute Gasteiger partial charge is 0.490 e. The van der Waals surface area contributed by atoms with Gasteiger partial charge in [0.2, 0.25) is 5.91 Å². The molecule has 3 heterocycles. The zero-order valence-corrected chi connectivity index (χ0v) is 18.3. The monoisotopic (exact) mass is 465 g/mol. The van der Waals surface area contributed by atoms with E-state index in [0.29, 0.717) is 18.5 Å². The Hall–Kier alpha value is -3.17. The van der Waals surface area contributed by atoms with Crippen LogP contribution in [0.1, 0.15) is 49.4 Å². The number of carboxylic acid groups (broad SMARTS) is 1. The molecule has 0 aliphatic carbocycles. The van der Waals surface area contributed by atoms with Gasteiger partial charge < -0.3 is 14.9 Å². The third-order valence-corrected chi connectivity index (χ3v) is 6.16. The molecular formula is C23H26F3N3O4. The summed E-state index contributed by atoms with van der Waals surface area (Å²) in [5.41, 5.74) is 1.43. The molecule has 1 aromatic heterocycles. The van der Waals surface area contributed by atoms with Crippen molar-refractivity contribution >= 4 is 28.7 Å². The molecule has 4 rings (SSSR count). The Balaban J connectivity index is 0.000000383. The smallest absolute Gasteiger partial charge is 0.475 e. The predicted molar refractivity (Wildman–Crippen MR) is 115 cm³/mol. The zero-order valence-electron chi connectivity index (χ0n) is 18.3. The maximum Gasteiger partial charge on any atom is 0.490 e. The molecule has 0 bridgehead atoms. The summed E-state index contributed by atoms with van der Waals surface area (Å²) >= 11 is 0. The summed E-state index contributed by atoms with van der Waals surface area (Å²) in [6, 6.07) is 9.57. The van der Waals surface area contributed by atoms with Crippen LogP contribution in [0.4, 0.5) is 13.2 Å². The molecule has 0 radical (unpaired) electrons. The fourth-order valence-corrected chi connectivity index (χ4v) is 4.72. The van der Waals surface area contributed by atoms with Gasteiger partial charge in [-0.25, -0.2) is 4.79 Å². The van der Waals surface area contributed by atoms with Gasteiger partial charge in [-0.3, -0.25) is 14.6 Å². The van der Waals surface area contributed by atoms with E-state index in [1.807, 2.05) is 47.1 Å². The van der Waals surface area contributed by atoms with Crippen molar-refractivity contribution in [1.29, 1.82) is 0 Å². The van der Waals surface area contributed by atoms with E-state index in [2.05, 4.69) is 4.98 Å². The van der Waals surface area contributed by atoms with Crippen LogP contribution >= 0.6 is 0 Å². The molecule has 2 fully saturated rings. The Morgan fingerprint density at radius 1 is 1.18 bits per heavy atom. The van der Waals surface area contributed by atoms with Crippen LogP contribution in [-0.4, -0.2) is 69.0 Å². The van der Waals surface area contributed by atoms with Crippen molar-refractivity contribution in [2.45, 2.75) is 50.7 Å². The van der Waals surface area contributed by atoms with E-state index in [4.69, 9.17) is 9.90 Å². The predicted octanol–water partition coefficient (Wildman–Crippen LogP) is 3.88. The average molecular weight is 465 g/mol. The number of likely N-dealkylation sites (tertiary alicyclic amines) is 2. The number of hydrogen-bond donors (Lipinski definition) is 1. The first kappa shape index (κ1) is 24.5. The molecule has 2 amide bonds. The van der Waals surface area contributed by atoms with Gasteiger partial charge in [-0.05, 0) is 56.9 Å². The van der Waals surface area contributed by atoms with Gasteiger partial charge in [0.05, 0.1) is 11.1 Å². The van der Waals surface area contributed by atoms with Crippen LogP contribution in [0.25, 0.3) is 10.9 Å². The maximum atomic E-state index is 13.1. The zero-order chi connectivity index (χ0) is 24.2. The summed E-state index contributed by atoms with van der Waals surface area (Å²) in [4.78, 5) is 42.7. The third-order valence-electron chi connectivity index (χ3n) is 6.16. The van der Waals surface area contributed by atoms with Crippen molar-refractivity contribution in [3.05, 3.63) is 42.1 Å². The lowest BCUT2D eigenvalue weighted by Crippen LogP contribution is -2.63. The first-order chi connectivity index (χ1) is 15.6.